The molecule has 2 heterocycles. The van der Waals surface area contributed by atoms with Crippen molar-refractivity contribution in [1.82, 2.24) is 14.8 Å². The van der Waals surface area contributed by atoms with Crippen molar-refractivity contribution in [3.8, 4) is 0 Å². The van der Waals surface area contributed by atoms with Gasteiger partial charge >= 0.3 is 0 Å². The Morgan fingerprint density at radius 3 is 2.67 bits per heavy atom. The van der Waals surface area contributed by atoms with Crippen LogP contribution in [0.2, 0.25) is 0 Å². The molecule has 1 amide bonds. The van der Waals surface area contributed by atoms with Crippen LogP contribution in [0, 0.1) is 0 Å². The van der Waals surface area contributed by atoms with Crippen LogP contribution in [-0.4, -0.2) is 52.9 Å². The molecule has 0 spiro atoms. The zero-order chi connectivity index (χ0) is 14.7. The van der Waals surface area contributed by atoms with Crippen LogP contribution < -0.4 is 5.73 Å². The van der Waals surface area contributed by atoms with Crippen molar-refractivity contribution in [2.45, 2.75) is 38.1 Å². The van der Waals surface area contributed by atoms with Gasteiger partial charge in [0.2, 0.25) is 0 Å². The van der Waals surface area contributed by atoms with Gasteiger partial charge in [0.1, 0.15) is 11.5 Å². The highest BCUT2D eigenvalue weighted by Gasteiger charge is 2.26. The topological polar surface area (TPSA) is 62.5 Å². The highest BCUT2D eigenvalue weighted by Crippen LogP contribution is 2.24. The molecule has 1 aliphatic heterocycles. The van der Waals surface area contributed by atoms with Crippen LogP contribution in [0.1, 0.15) is 42.6 Å². The zero-order valence-corrected chi connectivity index (χ0v) is 12.5. The molecular weight excluding hydrogens is 264 g/mol. The molecule has 1 aromatic heterocycles. The lowest BCUT2D eigenvalue weighted by atomic mass is 10.2. The number of hydrogen-bond acceptors (Lipinski definition) is 4. The van der Waals surface area contributed by atoms with E-state index in [9.17, 15) is 4.79 Å². The van der Waals surface area contributed by atoms with Crippen LogP contribution in [0.4, 0.5) is 5.82 Å². The Hall–Kier alpha value is -1.62. The van der Waals surface area contributed by atoms with Crippen molar-refractivity contribution in [2.75, 3.05) is 31.9 Å². The Morgan fingerprint density at radius 1 is 1.10 bits per heavy atom. The molecule has 1 aromatic rings. The number of hydrogen-bond donors (Lipinski definition) is 1. The first-order chi connectivity index (χ1) is 10.2. The largest absolute Gasteiger partial charge is 0.384 e. The maximum absolute atomic E-state index is 12.5. The number of nitrogens with zero attached hydrogens (tertiary/aromatic N) is 3. The van der Waals surface area contributed by atoms with Crippen molar-refractivity contribution in [3.63, 3.8) is 0 Å². The standard InChI is InChI=1S/C16H24N4O/c17-15-8-3-7-14(18-15)16(21)20-10-4-9-19(11-12-20)13-5-1-2-6-13/h3,7-8,13H,1-2,4-6,9-12H2,(H2,17,18). The van der Waals surface area contributed by atoms with Crippen molar-refractivity contribution < 1.29 is 4.79 Å². The molecule has 114 valence electrons. The molecule has 3 rings (SSSR count). The van der Waals surface area contributed by atoms with Crippen molar-refractivity contribution >= 4 is 11.7 Å². The van der Waals surface area contributed by atoms with Gasteiger partial charge in [0, 0.05) is 32.2 Å². The van der Waals surface area contributed by atoms with Gasteiger partial charge < -0.3 is 10.6 Å². The highest BCUT2D eigenvalue weighted by molar-refractivity contribution is 5.92. The van der Waals surface area contributed by atoms with Gasteiger partial charge in [-0.3, -0.25) is 9.69 Å². The summed E-state index contributed by atoms with van der Waals surface area (Å²) in [6, 6.07) is 5.99. The van der Waals surface area contributed by atoms with Crippen LogP contribution >= 0.6 is 0 Å². The lowest BCUT2D eigenvalue weighted by Crippen LogP contribution is -2.38. The summed E-state index contributed by atoms with van der Waals surface area (Å²) >= 11 is 0. The second kappa shape index (κ2) is 6.43. The Bertz CT molecular complexity index is 499. The Labute approximate surface area is 126 Å². The molecule has 0 radical (unpaired) electrons. The van der Waals surface area contributed by atoms with Gasteiger partial charge in [-0.25, -0.2) is 4.98 Å². The number of nitrogen functional groups attached to an aromatic ring is 1. The normalized spacial score (nSPS) is 21.4. The molecule has 0 unspecified atom stereocenters. The minimum Gasteiger partial charge on any atom is -0.384 e. The minimum absolute atomic E-state index is 0.00979. The number of aromatic nitrogens is 1. The quantitative estimate of drug-likeness (QED) is 0.900. The van der Waals surface area contributed by atoms with Gasteiger partial charge in [0.25, 0.3) is 5.91 Å². The lowest BCUT2D eigenvalue weighted by Gasteiger charge is -2.27. The molecule has 2 N–H and O–H groups in total. The fourth-order valence-corrected chi connectivity index (χ4v) is 3.51. The summed E-state index contributed by atoms with van der Waals surface area (Å²) in [6.45, 7) is 3.71. The number of carbonyl (C=O) groups is 1. The first-order valence-corrected chi connectivity index (χ1v) is 8.00. The van der Waals surface area contributed by atoms with E-state index >= 15 is 0 Å². The Kier molecular flexibility index (Phi) is 4.39. The number of rotatable bonds is 2. The van der Waals surface area contributed by atoms with Gasteiger partial charge in [0.05, 0.1) is 0 Å². The first kappa shape index (κ1) is 14.3. The number of nitrogens with two attached hydrogens (primary N) is 1. The summed E-state index contributed by atoms with van der Waals surface area (Å²) in [5, 5.41) is 0. The molecule has 21 heavy (non-hydrogen) atoms. The van der Waals surface area contributed by atoms with E-state index in [0.717, 1.165) is 38.6 Å². The van der Waals surface area contributed by atoms with E-state index in [1.165, 1.54) is 25.7 Å². The molecule has 1 saturated heterocycles. The number of anilines is 1. The first-order valence-electron chi connectivity index (χ1n) is 8.00. The number of carbonyl (C=O) groups excluding carboxylic acids is 1. The molecule has 0 atom stereocenters. The van der Waals surface area contributed by atoms with E-state index in [1.807, 2.05) is 4.90 Å². The van der Waals surface area contributed by atoms with Crippen LogP contribution in [0.3, 0.4) is 0 Å². The third kappa shape index (κ3) is 3.35. The predicted molar refractivity (Wildman–Crippen MR) is 83.0 cm³/mol. The SMILES string of the molecule is Nc1cccc(C(=O)N2CCCN(C3CCCC3)CC2)n1. The molecule has 1 aliphatic carbocycles. The highest BCUT2D eigenvalue weighted by atomic mass is 16.2. The van der Waals surface area contributed by atoms with Crippen LogP contribution in [0.15, 0.2) is 18.2 Å². The number of amides is 1. The van der Waals surface area contributed by atoms with E-state index in [4.69, 9.17) is 5.73 Å². The molecule has 2 fully saturated rings. The van der Waals surface area contributed by atoms with Crippen LogP contribution in [-0.2, 0) is 0 Å². The van der Waals surface area contributed by atoms with Crippen LogP contribution in [0.5, 0.6) is 0 Å². The summed E-state index contributed by atoms with van der Waals surface area (Å²) in [4.78, 5) is 21.2. The summed E-state index contributed by atoms with van der Waals surface area (Å²) in [7, 11) is 0. The van der Waals surface area contributed by atoms with Gasteiger partial charge in [-0.2, -0.15) is 0 Å². The molecular formula is C16H24N4O. The molecule has 0 aromatic carbocycles. The average Bonchev–Trinajstić information content (AvgIpc) is 2.91. The molecule has 5 heteroatoms. The van der Waals surface area contributed by atoms with E-state index < -0.39 is 0 Å². The van der Waals surface area contributed by atoms with E-state index in [-0.39, 0.29) is 5.91 Å². The number of pyridine rings is 1. The fraction of sp³-hybridized carbons (Fsp3) is 0.625. The lowest BCUT2D eigenvalue weighted by molar-refractivity contribution is 0.0752. The second-order valence-corrected chi connectivity index (χ2v) is 6.07. The molecule has 1 saturated carbocycles. The van der Waals surface area contributed by atoms with E-state index in [2.05, 4.69) is 9.88 Å². The monoisotopic (exact) mass is 288 g/mol. The Morgan fingerprint density at radius 2 is 1.90 bits per heavy atom. The third-order valence-corrected chi connectivity index (χ3v) is 4.65. The maximum atomic E-state index is 12.5. The summed E-state index contributed by atoms with van der Waals surface area (Å²) in [5.41, 5.74) is 6.13. The van der Waals surface area contributed by atoms with Gasteiger partial charge in [-0.1, -0.05) is 18.9 Å². The van der Waals surface area contributed by atoms with Crippen LogP contribution in [0.25, 0.3) is 0 Å². The fourth-order valence-electron chi connectivity index (χ4n) is 3.51. The van der Waals surface area contributed by atoms with Crippen molar-refractivity contribution in [3.05, 3.63) is 23.9 Å². The summed E-state index contributed by atoms with van der Waals surface area (Å²) in [6.07, 6.45) is 6.41. The van der Waals surface area contributed by atoms with Crippen molar-refractivity contribution in [1.29, 1.82) is 0 Å². The third-order valence-electron chi connectivity index (χ3n) is 4.65. The van der Waals surface area contributed by atoms with Gasteiger partial charge in [0.15, 0.2) is 0 Å². The van der Waals surface area contributed by atoms with E-state index in [0.29, 0.717) is 11.5 Å². The van der Waals surface area contributed by atoms with E-state index in [1.54, 1.807) is 18.2 Å². The van der Waals surface area contributed by atoms with Gasteiger partial charge in [-0.05, 0) is 31.4 Å². The summed E-state index contributed by atoms with van der Waals surface area (Å²) < 4.78 is 0. The molecule has 0 bridgehead atoms. The van der Waals surface area contributed by atoms with Gasteiger partial charge in [-0.15, -0.1) is 0 Å². The average molecular weight is 288 g/mol. The maximum Gasteiger partial charge on any atom is 0.272 e. The summed E-state index contributed by atoms with van der Waals surface area (Å²) in [5.74, 6) is 0.416. The smallest absolute Gasteiger partial charge is 0.272 e. The Balaban J connectivity index is 1.63. The predicted octanol–water partition coefficient (Wildman–Crippen LogP) is 1.75. The molecule has 2 aliphatic rings. The zero-order valence-electron chi connectivity index (χ0n) is 12.5. The van der Waals surface area contributed by atoms with Crippen molar-refractivity contribution in [2.24, 2.45) is 0 Å². The second-order valence-electron chi connectivity index (χ2n) is 6.07. The molecule has 5 nitrogen and oxygen atoms in total. The minimum atomic E-state index is 0.00979.